The van der Waals surface area contributed by atoms with E-state index in [1.54, 1.807) is 0 Å². The number of aliphatic carboxylic acids is 1. The number of allylic oxidation sites excluding steroid dienone is 20. The van der Waals surface area contributed by atoms with Gasteiger partial charge in [0, 0.05) is 12.8 Å². The lowest BCUT2D eigenvalue weighted by Gasteiger charge is -2.26. The molecule has 0 fully saturated rings. The molecule has 9 nitrogen and oxygen atoms in total. The standard InChI is InChI=1S/C68H113NO8/c1-6-8-10-12-14-16-18-20-22-24-26-28-30-31-32-33-34-35-37-38-40-42-44-46-48-50-52-54-56-58-65(70)75-62-64(63-76-68(67(72)73)74-61-60-69(3,4)5)77-66(71)59-57-55-53-51-49-47-45-43-41-39-36-29-27-25-23-21-19-17-15-13-11-9-7-2/h8-11,14-17,20-23,26-29,39,41,45,47,64,68H,6-7,12-13,18-19,24-25,30-38,40,42-44,46,48-63H2,1-5H3/b10-8-,11-9-,16-14-,17-15-,22-20-,23-21-,28-26-,29-27-,41-39-,47-45-. The normalized spacial score (nSPS) is 13.6. The number of carbonyl (C=O) groups is 3. The van der Waals surface area contributed by atoms with Gasteiger partial charge >= 0.3 is 11.9 Å². The third-order valence-electron chi connectivity index (χ3n) is 12.7. The van der Waals surface area contributed by atoms with E-state index in [1.165, 1.54) is 89.9 Å². The first-order valence-corrected chi connectivity index (χ1v) is 30.7. The molecule has 0 aliphatic carbocycles. The van der Waals surface area contributed by atoms with E-state index in [4.69, 9.17) is 18.9 Å². The Morgan fingerprint density at radius 3 is 1.04 bits per heavy atom. The second-order valence-corrected chi connectivity index (χ2v) is 21.2. The van der Waals surface area contributed by atoms with Crippen LogP contribution in [0.5, 0.6) is 0 Å². The van der Waals surface area contributed by atoms with Gasteiger partial charge in [0.1, 0.15) is 13.2 Å². The van der Waals surface area contributed by atoms with Gasteiger partial charge in [-0.2, -0.15) is 0 Å². The smallest absolute Gasteiger partial charge is 0.306 e. The summed E-state index contributed by atoms with van der Waals surface area (Å²) in [7, 11) is 5.91. The van der Waals surface area contributed by atoms with Crippen LogP contribution in [-0.2, 0) is 33.3 Å². The van der Waals surface area contributed by atoms with Gasteiger partial charge in [0.05, 0.1) is 40.3 Å². The Hall–Kier alpha value is -4.31. The van der Waals surface area contributed by atoms with Crippen molar-refractivity contribution in [1.29, 1.82) is 0 Å². The molecule has 0 radical (unpaired) electrons. The van der Waals surface area contributed by atoms with Crippen molar-refractivity contribution < 1.29 is 42.9 Å². The van der Waals surface area contributed by atoms with E-state index < -0.39 is 24.3 Å². The molecule has 0 aliphatic rings. The Morgan fingerprint density at radius 2 is 0.701 bits per heavy atom. The molecule has 9 heteroatoms. The van der Waals surface area contributed by atoms with Crippen molar-refractivity contribution in [2.45, 2.75) is 245 Å². The topological polar surface area (TPSA) is 111 Å². The maximum atomic E-state index is 12.9. The summed E-state index contributed by atoms with van der Waals surface area (Å²) < 4.78 is 22.7. The lowest BCUT2D eigenvalue weighted by atomic mass is 10.0. The lowest BCUT2D eigenvalue weighted by molar-refractivity contribution is -0.870. The maximum Gasteiger partial charge on any atom is 0.306 e. The Labute approximate surface area is 472 Å². The molecular formula is C68H113NO8. The first-order chi connectivity index (χ1) is 37.6. The predicted octanol–water partition coefficient (Wildman–Crippen LogP) is 17.1. The average molecular weight is 1070 g/mol. The van der Waals surface area contributed by atoms with Crippen molar-refractivity contribution in [3.05, 3.63) is 122 Å². The Morgan fingerprint density at radius 1 is 0.390 bits per heavy atom. The van der Waals surface area contributed by atoms with Crippen LogP contribution in [0.4, 0.5) is 0 Å². The SMILES string of the molecule is CC/C=C\C/C=C\C/C=C\C/C=C\C/C=C\C/C=C\CCCCCCC(=O)OC(COC(=O)CCCCCCCCCCCCCCCCCC/C=C\C/C=C\C/C=C\C/C=C\CC)COC(OCC[N+](C)(C)C)C(=O)[O-]. The lowest BCUT2D eigenvalue weighted by Crippen LogP contribution is -2.44. The molecule has 0 amide bonds. The highest BCUT2D eigenvalue weighted by Gasteiger charge is 2.22. The first kappa shape index (κ1) is 72.7. The zero-order valence-corrected chi connectivity index (χ0v) is 49.8. The number of unbranched alkanes of at least 4 members (excludes halogenated alkanes) is 20. The van der Waals surface area contributed by atoms with E-state index in [0.717, 1.165) is 109 Å². The van der Waals surface area contributed by atoms with Gasteiger partial charge in [0.25, 0.3) is 0 Å². The number of likely N-dealkylation sites (N-methyl/N-ethyl adjacent to an activating group) is 1. The van der Waals surface area contributed by atoms with Gasteiger partial charge in [0.2, 0.25) is 0 Å². The molecule has 0 aromatic rings. The van der Waals surface area contributed by atoms with Gasteiger partial charge in [-0.1, -0.05) is 238 Å². The monoisotopic (exact) mass is 1070 g/mol. The van der Waals surface area contributed by atoms with Crippen LogP contribution in [0, 0.1) is 0 Å². The Bertz CT molecular complexity index is 1670. The van der Waals surface area contributed by atoms with Gasteiger partial charge in [-0.15, -0.1) is 0 Å². The molecule has 2 unspecified atom stereocenters. The van der Waals surface area contributed by atoms with E-state index in [-0.39, 0.29) is 38.6 Å². The van der Waals surface area contributed by atoms with Gasteiger partial charge < -0.3 is 33.3 Å². The highest BCUT2D eigenvalue weighted by atomic mass is 16.7. The van der Waals surface area contributed by atoms with Crippen LogP contribution >= 0.6 is 0 Å². The van der Waals surface area contributed by atoms with Crippen LogP contribution in [0.3, 0.4) is 0 Å². The van der Waals surface area contributed by atoms with Crippen LogP contribution in [-0.4, -0.2) is 82.3 Å². The zero-order chi connectivity index (χ0) is 56.2. The summed E-state index contributed by atoms with van der Waals surface area (Å²) in [5.41, 5.74) is 0. The van der Waals surface area contributed by atoms with E-state index in [9.17, 15) is 19.5 Å². The van der Waals surface area contributed by atoms with Crippen LogP contribution < -0.4 is 5.11 Å². The third kappa shape index (κ3) is 59.2. The van der Waals surface area contributed by atoms with Crippen molar-refractivity contribution in [2.75, 3.05) is 47.5 Å². The molecule has 0 bridgehead atoms. The fourth-order valence-electron chi connectivity index (χ4n) is 8.06. The van der Waals surface area contributed by atoms with E-state index in [1.807, 2.05) is 21.1 Å². The number of carbonyl (C=O) groups excluding carboxylic acids is 3. The molecule has 0 aliphatic heterocycles. The summed E-state index contributed by atoms with van der Waals surface area (Å²) in [4.78, 5) is 37.4. The zero-order valence-electron chi connectivity index (χ0n) is 49.8. The second kappa shape index (κ2) is 57.9. The van der Waals surface area contributed by atoms with Gasteiger partial charge in [-0.25, -0.2) is 0 Å². The van der Waals surface area contributed by atoms with Crippen LogP contribution in [0.15, 0.2) is 122 Å². The predicted molar refractivity (Wildman–Crippen MR) is 324 cm³/mol. The molecule has 77 heavy (non-hydrogen) atoms. The molecule has 0 rings (SSSR count). The summed E-state index contributed by atoms with van der Waals surface area (Å²) in [6.07, 6.45) is 78.2. The number of hydrogen-bond donors (Lipinski definition) is 0. The second-order valence-electron chi connectivity index (χ2n) is 21.2. The molecule has 0 heterocycles. The number of rotatable bonds is 55. The molecule has 0 aromatic heterocycles. The number of carboxylic acids is 1. The van der Waals surface area contributed by atoms with Crippen molar-refractivity contribution in [1.82, 2.24) is 0 Å². The van der Waals surface area contributed by atoms with Crippen molar-refractivity contribution in [2.24, 2.45) is 0 Å². The Balaban J connectivity index is 4.25. The molecule has 0 N–H and O–H groups in total. The number of esters is 2. The third-order valence-corrected chi connectivity index (χ3v) is 12.7. The number of ether oxygens (including phenoxy) is 4. The van der Waals surface area contributed by atoms with E-state index >= 15 is 0 Å². The highest BCUT2D eigenvalue weighted by Crippen LogP contribution is 2.16. The molecule has 0 saturated heterocycles. The van der Waals surface area contributed by atoms with Crippen molar-refractivity contribution >= 4 is 17.9 Å². The number of carboxylic acid groups (broad SMARTS) is 1. The molecule has 0 aromatic carbocycles. The van der Waals surface area contributed by atoms with Crippen molar-refractivity contribution in [3.8, 4) is 0 Å². The van der Waals surface area contributed by atoms with E-state index in [2.05, 4.69) is 135 Å². The van der Waals surface area contributed by atoms with Crippen molar-refractivity contribution in [3.63, 3.8) is 0 Å². The van der Waals surface area contributed by atoms with Gasteiger partial charge in [-0.3, -0.25) is 9.59 Å². The van der Waals surface area contributed by atoms with Gasteiger partial charge in [-0.05, 0) is 103 Å². The summed E-state index contributed by atoms with van der Waals surface area (Å²) >= 11 is 0. The fraction of sp³-hybridized carbons (Fsp3) is 0.662. The van der Waals surface area contributed by atoms with E-state index in [0.29, 0.717) is 17.4 Å². The number of quaternary nitrogens is 1. The first-order valence-electron chi connectivity index (χ1n) is 30.7. The summed E-state index contributed by atoms with van der Waals surface area (Å²) in [6, 6.07) is 0. The van der Waals surface area contributed by atoms with Gasteiger partial charge in [0.15, 0.2) is 12.4 Å². The average Bonchev–Trinajstić information content (AvgIpc) is 3.40. The van der Waals surface area contributed by atoms with Crippen LogP contribution in [0.2, 0.25) is 0 Å². The molecule has 0 saturated carbocycles. The fourth-order valence-corrected chi connectivity index (χ4v) is 8.06. The summed E-state index contributed by atoms with van der Waals surface area (Å²) in [5, 5.41) is 11.8. The Kier molecular flexibility index (Phi) is 54.6. The highest BCUT2D eigenvalue weighted by molar-refractivity contribution is 5.70. The molecule has 0 spiro atoms. The number of hydrogen-bond acceptors (Lipinski definition) is 8. The summed E-state index contributed by atoms with van der Waals surface area (Å²) in [5.74, 6) is -2.32. The summed E-state index contributed by atoms with van der Waals surface area (Å²) in [6.45, 7) is 4.49. The minimum atomic E-state index is -1.64. The quantitative estimate of drug-likeness (QED) is 0.0195. The largest absolute Gasteiger partial charge is 0.545 e. The van der Waals surface area contributed by atoms with Crippen LogP contribution in [0.25, 0.3) is 0 Å². The number of nitrogens with zero attached hydrogens (tertiary/aromatic N) is 1. The minimum absolute atomic E-state index is 0.136. The molecular weight excluding hydrogens is 959 g/mol. The minimum Gasteiger partial charge on any atom is -0.545 e. The van der Waals surface area contributed by atoms with Crippen LogP contribution in [0.1, 0.15) is 232 Å². The molecule has 2 atom stereocenters. The molecule has 438 valence electrons. The maximum absolute atomic E-state index is 12.9.